The number of nitrogens with one attached hydrogen (secondary N) is 1. The van der Waals surface area contributed by atoms with Crippen molar-refractivity contribution in [1.29, 1.82) is 0 Å². The number of Topliss-reactive ketones (excluding diaryl/α,β-unsaturated/α-hetero) is 1. The zero-order valence-corrected chi connectivity index (χ0v) is 14.9. The van der Waals surface area contributed by atoms with E-state index < -0.39 is 0 Å². The molecule has 1 amide bonds. The summed E-state index contributed by atoms with van der Waals surface area (Å²) in [5.74, 6) is 1.88. The van der Waals surface area contributed by atoms with E-state index in [0.29, 0.717) is 6.54 Å². The normalized spacial score (nSPS) is 10.6. The number of hydrogen-bond donors (Lipinski definition) is 1. The van der Waals surface area contributed by atoms with Gasteiger partial charge in [-0.1, -0.05) is 0 Å². The highest BCUT2D eigenvalue weighted by atomic mass is 32.2. The lowest BCUT2D eigenvalue weighted by atomic mass is 10.2. The van der Waals surface area contributed by atoms with Gasteiger partial charge in [-0.25, -0.2) is 0 Å². The highest BCUT2D eigenvalue weighted by molar-refractivity contribution is 7.98. The number of ketones is 1. The molecule has 0 saturated heterocycles. The van der Waals surface area contributed by atoms with Crippen LogP contribution in [0.15, 0.2) is 29.0 Å². The van der Waals surface area contributed by atoms with Crippen molar-refractivity contribution in [2.75, 3.05) is 12.3 Å². The zero-order chi connectivity index (χ0) is 15.8. The Labute approximate surface area is 143 Å². The van der Waals surface area contributed by atoms with Crippen LogP contribution < -0.4 is 5.32 Å². The van der Waals surface area contributed by atoms with Gasteiger partial charge in [0, 0.05) is 35.8 Å². The Balaban J connectivity index is 1.55. The molecule has 0 fully saturated rings. The number of thioether (sulfide) groups is 1. The van der Waals surface area contributed by atoms with E-state index in [-0.39, 0.29) is 24.5 Å². The first-order valence-electron chi connectivity index (χ1n) is 7.10. The van der Waals surface area contributed by atoms with Crippen LogP contribution in [0.4, 0.5) is 0 Å². The maximum Gasteiger partial charge on any atom is 0.220 e. The second-order valence-electron chi connectivity index (χ2n) is 4.87. The quantitative estimate of drug-likeness (QED) is 0.544. The maximum atomic E-state index is 11.9. The fourth-order valence-corrected chi connectivity index (χ4v) is 4.27. The van der Waals surface area contributed by atoms with Crippen LogP contribution in [-0.2, 0) is 10.5 Å². The zero-order valence-electron chi connectivity index (χ0n) is 12.5. The topological polar surface area (TPSA) is 46.2 Å². The number of hydrogen-bond acceptors (Lipinski definition) is 5. The van der Waals surface area contributed by atoms with Gasteiger partial charge in [-0.3, -0.25) is 9.59 Å². The summed E-state index contributed by atoms with van der Waals surface area (Å²) < 4.78 is 0. The highest BCUT2D eigenvalue weighted by Gasteiger charge is 2.10. The summed E-state index contributed by atoms with van der Waals surface area (Å²) >= 11 is 4.99. The van der Waals surface area contributed by atoms with Crippen molar-refractivity contribution >= 4 is 46.1 Å². The van der Waals surface area contributed by atoms with Gasteiger partial charge in [0.1, 0.15) is 0 Å². The fourth-order valence-electron chi connectivity index (χ4n) is 1.85. The maximum absolute atomic E-state index is 11.9. The van der Waals surface area contributed by atoms with Crippen molar-refractivity contribution in [3.63, 3.8) is 0 Å². The van der Waals surface area contributed by atoms with E-state index in [2.05, 4.69) is 22.1 Å². The molecule has 2 rings (SSSR count). The lowest BCUT2D eigenvalue weighted by molar-refractivity contribution is -0.120. The molecule has 0 atom stereocenters. The molecule has 118 valence electrons. The second-order valence-corrected chi connectivity index (χ2v) is 8.04. The van der Waals surface area contributed by atoms with Crippen molar-refractivity contribution in [1.82, 2.24) is 5.32 Å². The van der Waals surface area contributed by atoms with Crippen molar-refractivity contribution in [3.05, 3.63) is 44.3 Å². The Morgan fingerprint density at radius 3 is 2.77 bits per heavy atom. The average molecular weight is 354 g/mol. The third kappa shape index (κ3) is 5.94. The molecule has 1 N–H and O–H groups in total. The van der Waals surface area contributed by atoms with Crippen LogP contribution in [0.5, 0.6) is 0 Å². The van der Waals surface area contributed by atoms with E-state index in [1.807, 2.05) is 19.1 Å². The summed E-state index contributed by atoms with van der Waals surface area (Å²) in [6.45, 7) is 2.63. The molecule has 0 bridgehead atoms. The van der Waals surface area contributed by atoms with E-state index in [1.165, 1.54) is 16.9 Å². The SMILES string of the molecule is Cc1ccc(C(=O)CCC(=O)NCCSCc2ccsc2)s1. The molecule has 0 radical (unpaired) electrons. The van der Waals surface area contributed by atoms with Gasteiger partial charge < -0.3 is 5.32 Å². The van der Waals surface area contributed by atoms with Crippen LogP contribution in [0, 0.1) is 6.92 Å². The molecular formula is C16H19NO2S3. The van der Waals surface area contributed by atoms with Crippen LogP contribution in [-0.4, -0.2) is 24.0 Å². The minimum atomic E-state index is -0.0437. The van der Waals surface area contributed by atoms with Crippen LogP contribution in [0.25, 0.3) is 0 Å². The Morgan fingerprint density at radius 1 is 1.23 bits per heavy atom. The average Bonchev–Trinajstić information content (AvgIpc) is 3.16. The van der Waals surface area contributed by atoms with Crippen LogP contribution in [0.1, 0.15) is 33.0 Å². The molecule has 22 heavy (non-hydrogen) atoms. The van der Waals surface area contributed by atoms with Gasteiger partial charge >= 0.3 is 0 Å². The summed E-state index contributed by atoms with van der Waals surface area (Å²) in [4.78, 5) is 25.5. The van der Waals surface area contributed by atoms with Crippen LogP contribution in [0.2, 0.25) is 0 Å². The van der Waals surface area contributed by atoms with Gasteiger partial charge in [0.15, 0.2) is 5.78 Å². The molecule has 0 aliphatic carbocycles. The van der Waals surface area contributed by atoms with Crippen molar-refractivity contribution in [3.8, 4) is 0 Å². The summed E-state index contributed by atoms with van der Waals surface area (Å²) in [6.07, 6.45) is 0.554. The van der Waals surface area contributed by atoms with Gasteiger partial charge in [0.05, 0.1) is 4.88 Å². The minimum Gasteiger partial charge on any atom is -0.355 e. The Kier molecular flexibility index (Phi) is 7.15. The standard InChI is InChI=1S/C16H19NO2S3/c1-12-2-4-15(22-12)14(18)3-5-16(19)17-7-9-21-11-13-6-8-20-10-13/h2,4,6,8,10H,3,5,7,9,11H2,1H3,(H,17,19). The molecule has 2 heterocycles. The number of carbonyl (C=O) groups is 2. The summed E-state index contributed by atoms with van der Waals surface area (Å²) in [7, 11) is 0. The fraction of sp³-hybridized carbons (Fsp3) is 0.375. The van der Waals surface area contributed by atoms with Crippen LogP contribution >= 0.6 is 34.4 Å². The molecule has 0 aliphatic heterocycles. The van der Waals surface area contributed by atoms with Gasteiger partial charge in [0.25, 0.3) is 0 Å². The number of rotatable bonds is 9. The van der Waals surface area contributed by atoms with Crippen molar-refractivity contribution < 1.29 is 9.59 Å². The van der Waals surface area contributed by atoms with Gasteiger partial charge in [0.2, 0.25) is 5.91 Å². The largest absolute Gasteiger partial charge is 0.355 e. The lowest BCUT2D eigenvalue weighted by Crippen LogP contribution is -2.26. The predicted octanol–water partition coefficient (Wildman–Crippen LogP) is 4.13. The summed E-state index contributed by atoms with van der Waals surface area (Å²) in [5.41, 5.74) is 1.33. The van der Waals surface area contributed by atoms with Crippen LogP contribution in [0.3, 0.4) is 0 Å². The molecule has 0 unspecified atom stereocenters. The monoisotopic (exact) mass is 353 g/mol. The van der Waals surface area contributed by atoms with E-state index in [9.17, 15) is 9.59 Å². The number of thiophene rings is 2. The second kappa shape index (κ2) is 9.12. The van der Waals surface area contributed by atoms with Crippen molar-refractivity contribution in [2.24, 2.45) is 0 Å². The smallest absolute Gasteiger partial charge is 0.220 e. The highest BCUT2D eigenvalue weighted by Crippen LogP contribution is 2.17. The summed E-state index contributed by atoms with van der Waals surface area (Å²) in [6, 6.07) is 5.89. The first kappa shape index (κ1) is 17.2. The molecule has 6 heteroatoms. The molecule has 2 aromatic heterocycles. The van der Waals surface area contributed by atoms with Crippen molar-refractivity contribution in [2.45, 2.75) is 25.5 Å². The van der Waals surface area contributed by atoms with E-state index in [0.717, 1.165) is 21.3 Å². The Bertz CT molecular complexity index is 605. The number of carbonyl (C=O) groups excluding carboxylic acids is 2. The van der Waals surface area contributed by atoms with Gasteiger partial charge in [-0.2, -0.15) is 23.1 Å². The number of aryl methyl sites for hydroxylation is 1. The van der Waals surface area contributed by atoms with Gasteiger partial charge in [-0.15, -0.1) is 11.3 Å². The molecule has 3 nitrogen and oxygen atoms in total. The summed E-state index contributed by atoms with van der Waals surface area (Å²) in [5, 5.41) is 7.08. The Morgan fingerprint density at radius 2 is 2.09 bits per heavy atom. The molecule has 0 saturated carbocycles. The molecule has 0 aliphatic rings. The van der Waals surface area contributed by atoms with Gasteiger partial charge in [-0.05, 0) is 41.4 Å². The van der Waals surface area contributed by atoms with E-state index >= 15 is 0 Å². The lowest BCUT2D eigenvalue weighted by Gasteiger charge is -2.04. The first-order chi connectivity index (χ1) is 10.6. The third-order valence-electron chi connectivity index (χ3n) is 3.01. The Hall–Kier alpha value is -1.11. The molecule has 2 aromatic rings. The number of amides is 1. The molecule has 0 spiro atoms. The first-order valence-corrected chi connectivity index (χ1v) is 10.0. The minimum absolute atomic E-state index is 0.0437. The van der Waals surface area contributed by atoms with E-state index in [1.54, 1.807) is 23.1 Å². The predicted molar refractivity (Wildman–Crippen MR) is 96.1 cm³/mol. The van der Waals surface area contributed by atoms with E-state index in [4.69, 9.17) is 0 Å². The third-order valence-corrected chi connectivity index (χ3v) is 5.82. The molecule has 0 aromatic carbocycles. The molecular weight excluding hydrogens is 334 g/mol.